The Bertz CT molecular complexity index is 550. The lowest BCUT2D eigenvalue weighted by Crippen LogP contribution is -2.07. The van der Waals surface area contributed by atoms with Crippen molar-refractivity contribution < 1.29 is 13.5 Å². The third-order valence-corrected chi connectivity index (χ3v) is 5.86. The van der Waals surface area contributed by atoms with Gasteiger partial charge in [-0.05, 0) is 54.4 Å². The van der Waals surface area contributed by atoms with Crippen LogP contribution in [0.3, 0.4) is 0 Å². The van der Waals surface area contributed by atoms with Crippen molar-refractivity contribution in [1.29, 1.82) is 0 Å². The maximum absolute atomic E-state index is 12.2. The van der Waals surface area contributed by atoms with E-state index in [4.69, 9.17) is 0 Å². The summed E-state index contributed by atoms with van der Waals surface area (Å²) in [4.78, 5) is 0. The van der Waals surface area contributed by atoms with Gasteiger partial charge in [0.15, 0.2) is 0 Å². The molecule has 1 nitrogen and oxygen atoms in total. The van der Waals surface area contributed by atoms with Gasteiger partial charge in [0.1, 0.15) is 5.75 Å². The molecule has 0 bridgehead atoms. The monoisotopic (exact) mass is 378 g/mol. The normalized spacial score (nSPS) is 18.4. The van der Waals surface area contributed by atoms with Crippen molar-refractivity contribution in [1.82, 2.24) is 0 Å². The predicted octanol–water partition coefficient (Wildman–Crippen LogP) is 8.25. The van der Waals surface area contributed by atoms with Crippen LogP contribution in [0.15, 0.2) is 30.3 Å². The van der Waals surface area contributed by atoms with Crippen LogP contribution < -0.4 is 4.74 Å². The first kappa shape index (κ1) is 21.9. The lowest BCUT2D eigenvalue weighted by molar-refractivity contribution is -0.0498. The molecule has 0 amide bonds. The van der Waals surface area contributed by atoms with Crippen molar-refractivity contribution in [3.05, 3.63) is 35.9 Å². The Morgan fingerprint density at radius 1 is 1.00 bits per heavy atom. The Labute approximate surface area is 164 Å². The van der Waals surface area contributed by atoms with E-state index in [1.54, 1.807) is 12.1 Å². The van der Waals surface area contributed by atoms with Crippen LogP contribution in [0.25, 0.3) is 5.57 Å². The van der Waals surface area contributed by atoms with E-state index in [9.17, 15) is 8.78 Å². The molecule has 3 heteroatoms. The van der Waals surface area contributed by atoms with Crippen LogP contribution in [0, 0.1) is 11.8 Å². The van der Waals surface area contributed by atoms with Gasteiger partial charge in [-0.25, -0.2) is 0 Å². The van der Waals surface area contributed by atoms with Crippen LogP contribution >= 0.6 is 0 Å². The molecule has 27 heavy (non-hydrogen) atoms. The van der Waals surface area contributed by atoms with Gasteiger partial charge < -0.3 is 4.74 Å². The minimum Gasteiger partial charge on any atom is -0.435 e. The summed E-state index contributed by atoms with van der Waals surface area (Å²) in [5.41, 5.74) is 2.49. The number of ether oxygens (including phenoxy) is 1. The molecule has 0 aliphatic heterocycles. The van der Waals surface area contributed by atoms with Crippen molar-refractivity contribution in [2.24, 2.45) is 11.8 Å². The zero-order chi connectivity index (χ0) is 19.5. The summed E-state index contributed by atoms with van der Waals surface area (Å²) in [7, 11) is 0. The molecule has 0 fully saturated rings. The zero-order valence-corrected chi connectivity index (χ0v) is 17.1. The molecular weight excluding hydrogens is 342 g/mol. The Morgan fingerprint density at radius 2 is 1.74 bits per heavy atom. The van der Waals surface area contributed by atoms with Crippen molar-refractivity contribution in [2.75, 3.05) is 0 Å². The molecule has 0 saturated heterocycles. The molecule has 0 heterocycles. The van der Waals surface area contributed by atoms with E-state index in [0.29, 0.717) is 0 Å². The van der Waals surface area contributed by atoms with E-state index in [2.05, 4.69) is 24.7 Å². The van der Waals surface area contributed by atoms with Gasteiger partial charge in [0.2, 0.25) is 0 Å². The highest BCUT2D eigenvalue weighted by molar-refractivity contribution is 5.66. The third-order valence-electron chi connectivity index (χ3n) is 5.86. The average Bonchev–Trinajstić information content (AvgIpc) is 2.67. The minimum atomic E-state index is -2.76. The van der Waals surface area contributed by atoms with E-state index in [0.717, 1.165) is 30.2 Å². The number of alkyl halides is 2. The largest absolute Gasteiger partial charge is 0.435 e. The number of hydrogen-bond donors (Lipinski definition) is 0. The Balaban J connectivity index is 1.75. The summed E-state index contributed by atoms with van der Waals surface area (Å²) in [6.07, 6.45) is 16.7. The highest BCUT2D eigenvalue weighted by Gasteiger charge is 2.16. The minimum absolute atomic E-state index is 0.229. The molecule has 1 aliphatic rings. The van der Waals surface area contributed by atoms with Crippen LogP contribution in [0.5, 0.6) is 5.75 Å². The second kappa shape index (κ2) is 12.2. The Kier molecular flexibility index (Phi) is 9.86. The molecule has 0 radical (unpaired) electrons. The molecule has 0 saturated carbocycles. The fourth-order valence-electron chi connectivity index (χ4n) is 4.29. The molecule has 0 spiro atoms. The van der Waals surface area contributed by atoms with Gasteiger partial charge >= 0.3 is 6.61 Å². The smallest absolute Gasteiger partial charge is 0.387 e. The highest BCUT2D eigenvalue weighted by atomic mass is 19.3. The molecule has 2 rings (SSSR count). The first-order valence-electron chi connectivity index (χ1n) is 10.9. The van der Waals surface area contributed by atoms with Crippen molar-refractivity contribution >= 4 is 5.57 Å². The second-order valence-corrected chi connectivity index (χ2v) is 8.00. The van der Waals surface area contributed by atoms with Gasteiger partial charge in [0.25, 0.3) is 0 Å². The molecule has 1 aliphatic carbocycles. The molecule has 0 aromatic heterocycles. The quantitative estimate of drug-likeness (QED) is 0.356. The van der Waals surface area contributed by atoms with Gasteiger partial charge in [-0.2, -0.15) is 8.78 Å². The zero-order valence-electron chi connectivity index (χ0n) is 17.1. The highest BCUT2D eigenvalue weighted by Crippen LogP contribution is 2.34. The van der Waals surface area contributed by atoms with Crippen LogP contribution in [-0.4, -0.2) is 6.61 Å². The summed E-state index contributed by atoms with van der Waals surface area (Å²) in [5, 5.41) is 0. The molecule has 1 aromatic carbocycles. The van der Waals surface area contributed by atoms with E-state index < -0.39 is 6.61 Å². The fourth-order valence-corrected chi connectivity index (χ4v) is 4.29. The third kappa shape index (κ3) is 8.02. The SMILES string of the molecule is CCCCC(CCC)CCCC1CC=C(c2ccc(OC(F)F)cc2)CC1. The van der Waals surface area contributed by atoms with E-state index in [1.807, 2.05) is 12.1 Å². The van der Waals surface area contributed by atoms with Crippen molar-refractivity contribution in [3.8, 4) is 5.75 Å². The topological polar surface area (TPSA) is 9.23 Å². The lowest BCUT2D eigenvalue weighted by Gasteiger charge is -2.23. The first-order chi connectivity index (χ1) is 13.1. The standard InChI is InChI=1S/C24H36F2O/c1-3-5-8-19(7-4-2)9-6-10-20-11-13-21(14-12-20)22-15-17-23(18-16-22)27-24(25)26/h13,15-20,24H,3-12,14H2,1-2H3. The predicted molar refractivity (Wildman–Crippen MR) is 110 cm³/mol. The fraction of sp³-hybridized carbons (Fsp3) is 0.667. The second-order valence-electron chi connectivity index (χ2n) is 8.00. The Morgan fingerprint density at radius 3 is 2.33 bits per heavy atom. The van der Waals surface area contributed by atoms with Crippen LogP contribution in [0.1, 0.15) is 90.0 Å². The summed E-state index contributed by atoms with van der Waals surface area (Å²) in [6, 6.07) is 7.07. The number of unbranched alkanes of at least 4 members (excludes halogenated alkanes) is 1. The first-order valence-corrected chi connectivity index (χ1v) is 10.9. The maximum Gasteiger partial charge on any atom is 0.387 e. The van der Waals surface area contributed by atoms with Gasteiger partial charge in [0.05, 0.1) is 0 Å². The van der Waals surface area contributed by atoms with Crippen LogP contribution in [0.2, 0.25) is 0 Å². The van der Waals surface area contributed by atoms with E-state index >= 15 is 0 Å². The number of benzene rings is 1. The molecule has 1 aromatic rings. The maximum atomic E-state index is 12.2. The van der Waals surface area contributed by atoms with E-state index in [1.165, 1.54) is 63.4 Å². The summed E-state index contributed by atoms with van der Waals surface area (Å²) in [6.45, 7) is 1.83. The summed E-state index contributed by atoms with van der Waals surface area (Å²) < 4.78 is 28.9. The average molecular weight is 379 g/mol. The van der Waals surface area contributed by atoms with Gasteiger partial charge in [-0.1, -0.05) is 83.4 Å². The number of allylic oxidation sites excluding steroid dienone is 2. The van der Waals surface area contributed by atoms with Crippen LogP contribution in [-0.2, 0) is 0 Å². The molecule has 0 N–H and O–H groups in total. The van der Waals surface area contributed by atoms with Gasteiger partial charge in [-0.3, -0.25) is 0 Å². The number of hydrogen-bond acceptors (Lipinski definition) is 1. The summed E-state index contributed by atoms with van der Waals surface area (Å²) >= 11 is 0. The van der Waals surface area contributed by atoms with Gasteiger partial charge in [-0.15, -0.1) is 0 Å². The van der Waals surface area contributed by atoms with Crippen molar-refractivity contribution in [2.45, 2.75) is 91.1 Å². The molecule has 2 atom stereocenters. The molecule has 152 valence electrons. The van der Waals surface area contributed by atoms with Gasteiger partial charge in [0, 0.05) is 0 Å². The number of halogens is 2. The Hall–Kier alpha value is -1.38. The van der Waals surface area contributed by atoms with Crippen LogP contribution in [0.4, 0.5) is 8.78 Å². The summed E-state index contributed by atoms with van der Waals surface area (Å²) in [5.74, 6) is 1.97. The van der Waals surface area contributed by atoms with E-state index in [-0.39, 0.29) is 5.75 Å². The molecule has 2 unspecified atom stereocenters. The van der Waals surface area contributed by atoms with Crippen molar-refractivity contribution in [3.63, 3.8) is 0 Å². The number of rotatable bonds is 12. The lowest BCUT2D eigenvalue weighted by atomic mass is 9.82. The molecular formula is C24H36F2O.